The summed E-state index contributed by atoms with van der Waals surface area (Å²) in [5, 5.41) is 0. The molecule has 1 heterocycles. The maximum absolute atomic E-state index is 11.8. The molecule has 0 atom stereocenters. The summed E-state index contributed by atoms with van der Waals surface area (Å²) in [7, 11) is 0. The normalized spacial score (nSPS) is 16.0. The Morgan fingerprint density at radius 3 is 2.25 bits per heavy atom. The molecule has 0 aliphatic carbocycles. The van der Waals surface area contributed by atoms with Crippen molar-refractivity contribution >= 4 is 11.8 Å². The molecule has 2 amide bonds. The zero-order chi connectivity index (χ0) is 12.0. The molecule has 1 aliphatic heterocycles. The van der Waals surface area contributed by atoms with Crippen LogP contribution in [-0.4, -0.2) is 61.0 Å². The smallest absolute Gasteiger partial charge is 0.232 e. The summed E-state index contributed by atoms with van der Waals surface area (Å²) in [6, 6.07) is 0. The summed E-state index contributed by atoms with van der Waals surface area (Å²) >= 11 is 0. The minimum atomic E-state index is -0.0831. The van der Waals surface area contributed by atoms with Crippen molar-refractivity contribution in [2.45, 2.75) is 20.3 Å². The van der Waals surface area contributed by atoms with Crippen molar-refractivity contribution in [1.29, 1.82) is 0 Å². The van der Waals surface area contributed by atoms with Crippen LogP contribution in [0.4, 0.5) is 0 Å². The highest BCUT2D eigenvalue weighted by molar-refractivity contribution is 5.96. The lowest BCUT2D eigenvalue weighted by Crippen LogP contribution is -2.43. The van der Waals surface area contributed by atoms with Crippen molar-refractivity contribution in [2.24, 2.45) is 0 Å². The number of carbonyl (C=O) groups is 2. The summed E-state index contributed by atoms with van der Waals surface area (Å²) in [6.45, 7) is 7.50. The zero-order valence-electron chi connectivity index (χ0n) is 10.1. The van der Waals surface area contributed by atoms with Crippen LogP contribution in [0.2, 0.25) is 0 Å². The Bertz CT molecular complexity index is 246. The van der Waals surface area contributed by atoms with Crippen LogP contribution in [0.5, 0.6) is 0 Å². The molecule has 0 unspecified atom stereocenters. The second kappa shape index (κ2) is 6.48. The van der Waals surface area contributed by atoms with Gasteiger partial charge >= 0.3 is 0 Å². The van der Waals surface area contributed by atoms with Crippen molar-refractivity contribution in [1.82, 2.24) is 9.80 Å². The van der Waals surface area contributed by atoms with Gasteiger partial charge in [-0.3, -0.25) is 9.59 Å². The highest BCUT2D eigenvalue weighted by atomic mass is 16.5. The molecule has 0 radical (unpaired) electrons. The number of morpholine rings is 1. The first-order valence-electron chi connectivity index (χ1n) is 5.82. The van der Waals surface area contributed by atoms with E-state index in [2.05, 4.69) is 0 Å². The Labute approximate surface area is 96.3 Å². The van der Waals surface area contributed by atoms with Gasteiger partial charge in [-0.15, -0.1) is 0 Å². The zero-order valence-corrected chi connectivity index (χ0v) is 10.1. The predicted molar refractivity (Wildman–Crippen MR) is 59.9 cm³/mol. The van der Waals surface area contributed by atoms with Gasteiger partial charge in [-0.05, 0) is 13.8 Å². The summed E-state index contributed by atoms with van der Waals surface area (Å²) < 4.78 is 5.16. The quantitative estimate of drug-likeness (QED) is 0.641. The molecule has 1 aliphatic rings. The van der Waals surface area contributed by atoms with Crippen molar-refractivity contribution in [2.75, 3.05) is 39.4 Å². The third-order valence-corrected chi connectivity index (χ3v) is 2.78. The van der Waals surface area contributed by atoms with Crippen molar-refractivity contribution < 1.29 is 14.3 Å². The maximum atomic E-state index is 11.8. The second-order valence-corrected chi connectivity index (χ2v) is 3.74. The molecule has 0 aromatic rings. The number of ether oxygens (including phenoxy) is 1. The largest absolute Gasteiger partial charge is 0.378 e. The summed E-state index contributed by atoms with van der Waals surface area (Å²) in [5.74, 6) is -0.165. The van der Waals surface area contributed by atoms with Crippen LogP contribution in [0.3, 0.4) is 0 Å². The van der Waals surface area contributed by atoms with Gasteiger partial charge in [0.1, 0.15) is 6.42 Å². The minimum Gasteiger partial charge on any atom is -0.378 e. The van der Waals surface area contributed by atoms with Crippen LogP contribution in [0.25, 0.3) is 0 Å². The standard InChI is InChI=1S/C11H20N2O3/c1-3-12(4-2)10(14)9-11(15)13-5-7-16-8-6-13/h3-9H2,1-2H3. The summed E-state index contributed by atoms with van der Waals surface area (Å²) in [4.78, 5) is 26.9. The van der Waals surface area contributed by atoms with E-state index < -0.39 is 0 Å². The molecule has 0 N–H and O–H groups in total. The van der Waals surface area contributed by atoms with Gasteiger partial charge < -0.3 is 14.5 Å². The van der Waals surface area contributed by atoms with E-state index in [9.17, 15) is 9.59 Å². The summed E-state index contributed by atoms with van der Waals surface area (Å²) in [6.07, 6.45) is -0.0122. The first-order valence-corrected chi connectivity index (χ1v) is 5.82. The van der Waals surface area contributed by atoms with E-state index in [1.165, 1.54) is 0 Å². The Morgan fingerprint density at radius 1 is 1.19 bits per heavy atom. The number of hydrogen-bond acceptors (Lipinski definition) is 3. The Kier molecular flexibility index (Phi) is 5.25. The topological polar surface area (TPSA) is 49.9 Å². The number of carbonyl (C=O) groups excluding carboxylic acids is 2. The van der Waals surface area contributed by atoms with Crippen molar-refractivity contribution in [3.05, 3.63) is 0 Å². The molecule has 5 heteroatoms. The SMILES string of the molecule is CCN(CC)C(=O)CC(=O)N1CCOCC1. The molecule has 1 saturated heterocycles. The molecule has 16 heavy (non-hydrogen) atoms. The van der Waals surface area contributed by atoms with E-state index >= 15 is 0 Å². The van der Waals surface area contributed by atoms with Gasteiger partial charge in [0.05, 0.1) is 13.2 Å². The highest BCUT2D eigenvalue weighted by Crippen LogP contribution is 2.02. The molecule has 1 fully saturated rings. The summed E-state index contributed by atoms with van der Waals surface area (Å²) in [5.41, 5.74) is 0. The average Bonchev–Trinajstić information content (AvgIpc) is 2.31. The number of nitrogens with zero attached hydrogens (tertiary/aromatic N) is 2. The van der Waals surface area contributed by atoms with E-state index in [4.69, 9.17) is 4.74 Å². The van der Waals surface area contributed by atoms with Crippen LogP contribution >= 0.6 is 0 Å². The van der Waals surface area contributed by atoms with Crippen LogP contribution in [-0.2, 0) is 14.3 Å². The number of amides is 2. The van der Waals surface area contributed by atoms with E-state index in [1.807, 2.05) is 13.8 Å². The van der Waals surface area contributed by atoms with Gasteiger partial charge in [-0.1, -0.05) is 0 Å². The molecule has 0 spiro atoms. The fourth-order valence-corrected chi connectivity index (χ4v) is 1.74. The first kappa shape index (κ1) is 13.0. The van der Waals surface area contributed by atoms with Gasteiger partial charge in [-0.2, -0.15) is 0 Å². The third-order valence-electron chi connectivity index (χ3n) is 2.78. The lowest BCUT2D eigenvalue weighted by molar-refractivity contribution is -0.142. The van der Waals surface area contributed by atoms with Crippen LogP contribution in [0.1, 0.15) is 20.3 Å². The van der Waals surface area contributed by atoms with Crippen LogP contribution < -0.4 is 0 Å². The number of hydrogen-bond donors (Lipinski definition) is 0. The Balaban J connectivity index is 2.40. The fourth-order valence-electron chi connectivity index (χ4n) is 1.74. The van der Waals surface area contributed by atoms with Crippen LogP contribution in [0.15, 0.2) is 0 Å². The monoisotopic (exact) mass is 228 g/mol. The molecular formula is C11H20N2O3. The van der Waals surface area contributed by atoms with E-state index in [0.29, 0.717) is 39.4 Å². The maximum Gasteiger partial charge on any atom is 0.232 e. The van der Waals surface area contributed by atoms with E-state index in [1.54, 1.807) is 9.80 Å². The van der Waals surface area contributed by atoms with Gasteiger partial charge in [0.25, 0.3) is 0 Å². The minimum absolute atomic E-state index is 0.0122. The fraction of sp³-hybridized carbons (Fsp3) is 0.818. The van der Waals surface area contributed by atoms with Gasteiger partial charge in [-0.25, -0.2) is 0 Å². The lowest BCUT2D eigenvalue weighted by atomic mass is 10.3. The first-order chi connectivity index (χ1) is 7.69. The van der Waals surface area contributed by atoms with Crippen molar-refractivity contribution in [3.8, 4) is 0 Å². The highest BCUT2D eigenvalue weighted by Gasteiger charge is 2.21. The second-order valence-electron chi connectivity index (χ2n) is 3.74. The molecule has 0 saturated carbocycles. The third kappa shape index (κ3) is 3.48. The lowest BCUT2D eigenvalue weighted by Gasteiger charge is -2.27. The molecule has 1 rings (SSSR count). The van der Waals surface area contributed by atoms with Gasteiger partial charge in [0, 0.05) is 26.2 Å². The van der Waals surface area contributed by atoms with Crippen molar-refractivity contribution in [3.63, 3.8) is 0 Å². The molecule has 92 valence electrons. The Hall–Kier alpha value is -1.10. The van der Waals surface area contributed by atoms with Crippen LogP contribution in [0, 0.1) is 0 Å². The molecule has 0 aromatic carbocycles. The van der Waals surface area contributed by atoms with E-state index in [-0.39, 0.29) is 18.2 Å². The number of rotatable bonds is 4. The molecule has 5 nitrogen and oxygen atoms in total. The molecule has 0 aromatic heterocycles. The molecule has 0 bridgehead atoms. The average molecular weight is 228 g/mol. The Morgan fingerprint density at radius 2 is 1.75 bits per heavy atom. The van der Waals surface area contributed by atoms with E-state index in [0.717, 1.165) is 0 Å². The molecular weight excluding hydrogens is 208 g/mol. The van der Waals surface area contributed by atoms with Gasteiger partial charge in [0.2, 0.25) is 11.8 Å². The predicted octanol–water partition coefficient (Wildman–Crippen LogP) is 0.104. The van der Waals surface area contributed by atoms with Gasteiger partial charge in [0.15, 0.2) is 0 Å².